The van der Waals surface area contributed by atoms with Crippen molar-refractivity contribution < 1.29 is 14.3 Å². The van der Waals surface area contributed by atoms with Crippen LogP contribution >= 0.6 is 11.3 Å². The minimum absolute atomic E-state index is 0.106. The number of amides is 1. The lowest BCUT2D eigenvalue weighted by atomic mass is 10.2. The average molecular weight is 372 g/mol. The van der Waals surface area contributed by atoms with Crippen molar-refractivity contribution in [2.24, 2.45) is 0 Å². The summed E-state index contributed by atoms with van der Waals surface area (Å²) >= 11 is 1.67. The second-order valence-corrected chi connectivity index (χ2v) is 8.20. The fraction of sp³-hybridized carbons (Fsp3) is 0.500. The largest absolute Gasteiger partial charge is 0.452 e. The summed E-state index contributed by atoms with van der Waals surface area (Å²) in [4.78, 5) is 28.2. The van der Waals surface area contributed by atoms with Crippen LogP contribution in [-0.2, 0) is 9.53 Å². The number of rotatable bonds is 5. The molecule has 4 rings (SSSR count). The molecule has 0 unspecified atom stereocenters. The monoisotopic (exact) mass is 372 g/mol. The summed E-state index contributed by atoms with van der Waals surface area (Å²) < 4.78 is 7.59. The number of hydrogen-bond donors (Lipinski definition) is 0. The van der Waals surface area contributed by atoms with Crippen molar-refractivity contribution in [2.45, 2.75) is 51.6 Å². The van der Waals surface area contributed by atoms with Gasteiger partial charge < -0.3 is 14.2 Å². The van der Waals surface area contributed by atoms with Gasteiger partial charge >= 0.3 is 5.97 Å². The van der Waals surface area contributed by atoms with E-state index in [9.17, 15) is 9.59 Å². The van der Waals surface area contributed by atoms with E-state index in [0.29, 0.717) is 11.6 Å². The van der Waals surface area contributed by atoms with Crippen molar-refractivity contribution >= 4 is 23.2 Å². The molecule has 2 aromatic rings. The zero-order valence-electron chi connectivity index (χ0n) is 15.2. The van der Waals surface area contributed by atoms with Crippen LogP contribution in [0.15, 0.2) is 23.6 Å². The molecular formula is C20H24N2O3S. The Morgan fingerprint density at radius 3 is 2.77 bits per heavy atom. The van der Waals surface area contributed by atoms with E-state index in [-0.39, 0.29) is 18.6 Å². The van der Waals surface area contributed by atoms with Crippen molar-refractivity contribution in [2.75, 3.05) is 13.2 Å². The maximum absolute atomic E-state index is 12.6. The number of ether oxygens (including phenoxy) is 1. The van der Waals surface area contributed by atoms with Gasteiger partial charge in [-0.3, -0.25) is 4.79 Å². The third-order valence-corrected chi connectivity index (χ3v) is 6.36. The molecule has 138 valence electrons. The van der Waals surface area contributed by atoms with Gasteiger partial charge in [0.1, 0.15) is 0 Å². The predicted octanol–water partition coefficient (Wildman–Crippen LogP) is 4.02. The Morgan fingerprint density at radius 1 is 1.27 bits per heavy atom. The maximum atomic E-state index is 12.6. The average Bonchev–Trinajstić information content (AvgIpc) is 3.04. The second-order valence-electron chi connectivity index (χ2n) is 7.22. The topological polar surface area (TPSA) is 51.5 Å². The van der Waals surface area contributed by atoms with E-state index in [2.05, 4.69) is 10.6 Å². The smallest absolute Gasteiger partial charge is 0.340 e. The van der Waals surface area contributed by atoms with Crippen LogP contribution in [0.4, 0.5) is 0 Å². The lowest BCUT2D eigenvalue weighted by Gasteiger charge is -2.23. The number of aromatic nitrogens is 1. The minimum Gasteiger partial charge on any atom is -0.452 e. The van der Waals surface area contributed by atoms with Crippen molar-refractivity contribution in [1.82, 2.24) is 9.47 Å². The molecule has 1 saturated heterocycles. The number of carbonyl (C=O) groups excluding carboxylic acids is 2. The first-order chi connectivity index (χ1) is 12.6. The van der Waals surface area contributed by atoms with Gasteiger partial charge in [0, 0.05) is 28.9 Å². The Hall–Kier alpha value is -2.08. The molecule has 6 heteroatoms. The summed E-state index contributed by atoms with van der Waals surface area (Å²) in [7, 11) is 0. The highest BCUT2D eigenvalue weighted by Crippen LogP contribution is 2.38. The molecule has 5 nitrogen and oxygen atoms in total. The van der Waals surface area contributed by atoms with Gasteiger partial charge in [0.25, 0.3) is 5.91 Å². The molecule has 0 radical (unpaired) electrons. The number of likely N-dealkylation sites (tertiary alicyclic amines) is 1. The SMILES string of the molecule is Cc1cc(C(=O)OCC(=O)N2CCC[C@H]2c2cccs2)c(C)n1C1CC1. The standard InChI is InChI=1S/C20H24N2O3S/c1-13-11-16(14(2)22(13)15-7-8-15)20(24)25-12-19(23)21-9-3-5-17(21)18-6-4-10-26-18/h4,6,10-11,15,17H,3,5,7-9,12H2,1-2H3/t17-/m0/s1. The summed E-state index contributed by atoms with van der Waals surface area (Å²) in [5, 5.41) is 2.03. The van der Waals surface area contributed by atoms with Crippen LogP contribution in [0.25, 0.3) is 0 Å². The molecule has 1 aliphatic carbocycles. The number of aryl methyl sites for hydroxylation is 1. The zero-order chi connectivity index (χ0) is 18.3. The maximum Gasteiger partial charge on any atom is 0.340 e. The lowest BCUT2D eigenvalue weighted by Crippen LogP contribution is -2.34. The van der Waals surface area contributed by atoms with E-state index < -0.39 is 5.97 Å². The highest BCUT2D eigenvalue weighted by molar-refractivity contribution is 7.10. The van der Waals surface area contributed by atoms with Crippen LogP contribution in [-0.4, -0.2) is 34.5 Å². The summed E-state index contributed by atoms with van der Waals surface area (Å²) in [5.74, 6) is -0.504. The van der Waals surface area contributed by atoms with Gasteiger partial charge in [-0.2, -0.15) is 0 Å². The van der Waals surface area contributed by atoms with Crippen molar-refractivity contribution in [3.63, 3.8) is 0 Å². The summed E-state index contributed by atoms with van der Waals surface area (Å²) in [5.41, 5.74) is 2.61. The molecule has 2 aromatic heterocycles. The van der Waals surface area contributed by atoms with Crippen LogP contribution in [0.3, 0.4) is 0 Å². The zero-order valence-corrected chi connectivity index (χ0v) is 16.1. The normalized spacial score (nSPS) is 19.8. The van der Waals surface area contributed by atoms with Gasteiger partial charge in [-0.05, 0) is 57.0 Å². The molecule has 2 fully saturated rings. The number of thiophene rings is 1. The number of nitrogens with zero attached hydrogens (tertiary/aromatic N) is 2. The fourth-order valence-electron chi connectivity index (χ4n) is 4.01. The van der Waals surface area contributed by atoms with Crippen LogP contribution in [0.1, 0.15) is 64.4 Å². The van der Waals surface area contributed by atoms with E-state index >= 15 is 0 Å². The summed E-state index contributed by atoms with van der Waals surface area (Å²) in [6.07, 6.45) is 4.30. The first-order valence-electron chi connectivity index (χ1n) is 9.24. The van der Waals surface area contributed by atoms with E-state index in [1.807, 2.05) is 36.3 Å². The molecular weight excluding hydrogens is 348 g/mol. The third kappa shape index (κ3) is 3.18. The molecule has 1 saturated carbocycles. The van der Waals surface area contributed by atoms with Gasteiger partial charge in [-0.15, -0.1) is 11.3 Å². The van der Waals surface area contributed by atoms with Gasteiger partial charge in [-0.25, -0.2) is 4.79 Å². The molecule has 1 atom stereocenters. The number of esters is 1. The molecule has 3 heterocycles. The van der Waals surface area contributed by atoms with E-state index in [4.69, 9.17) is 4.74 Å². The van der Waals surface area contributed by atoms with Crippen LogP contribution in [0.2, 0.25) is 0 Å². The highest BCUT2D eigenvalue weighted by Gasteiger charge is 2.32. The van der Waals surface area contributed by atoms with E-state index in [1.54, 1.807) is 11.3 Å². The molecule has 2 aliphatic rings. The van der Waals surface area contributed by atoms with Crippen molar-refractivity contribution in [3.8, 4) is 0 Å². The highest BCUT2D eigenvalue weighted by atomic mass is 32.1. The summed E-state index contributed by atoms with van der Waals surface area (Å²) in [6, 6.07) is 6.61. The first-order valence-corrected chi connectivity index (χ1v) is 10.1. The number of carbonyl (C=O) groups is 2. The first kappa shape index (κ1) is 17.3. The van der Waals surface area contributed by atoms with Gasteiger partial charge in [0.05, 0.1) is 11.6 Å². The Bertz CT molecular complexity index is 820. The van der Waals surface area contributed by atoms with Gasteiger partial charge in [0.2, 0.25) is 0 Å². The van der Waals surface area contributed by atoms with Crippen LogP contribution in [0, 0.1) is 13.8 Å². The van der Waals surface area contributed by atoms with Crippen molar-refractivity contribution in [1.29, 1.82) is 0 Å². The van der Waals surface area contributed by atoms with Crippen LogP contribution in [0.5, 0.6) is 0 Å². The molecule has 26 heavy (non-hydrogen) atoms. The Labute approximate surface area is 157 Å². The van der Waals surface area contributed by atoms with Gasteiger partial charge in [0.15, 0.2) is 6.61 Å². The van der Waals surface area contributed by atoms with E-state index in [1.165, 1.54) is 17.7 Å². The Morgan fingerprint density at radius 2 is 2.08 bits per heavy atom. The molecule has 1 aliphatic heterocycles. The molecule has 0 bridgehead atoms. The molecule has 0 spiro atoms. The minimum atomic E-state index is -0.398. The number of hydrogen-bond acceptors (Lipinski definition) is 4. The molecule has 1 amide bonds. The quantitative estimate of drug-likeness (QED) is 0.745. The summed E-state index contributed by atoms with van der Waals surface area (Å²) in [6.45, 7) is 4.52. The van der Waals surface area contributed by atoms with Crippen LogP contribution < -0.4 is 0 Å². The fourth-order valence-corrected chi connectivity index (χ4v) is 4.88. The molecule has 0 aromatic carbocycles. The predicted molar refractivity (Wildman–Crippen MR) is 100 cm³/mol. The van der Waals surface area contributed by atoms with Crippen molar-refractivity contribution in [3.05, 3.63) is 45.4 Å². The van der Waals surface area contributed by atoms with E-state index in [0.717, 1.165) is 30.8 Å². The Balaban J connectivity index is 1.40. The third-order valence-electron chi connectivity index (χ3n) is 5.39. The molecule has 0 N–H and O–H groups in total. The van der Waals surface area contributed by atoms with Gasteiger partial charge in [-0.1, -0.05) is 6.07 Å². The second kappa shape index (κ2) is 6.91. The lowest BCUT2D eigenvalue weighted by molar-refractivity contribution is -0.135. The Kier molecular flexibility index (Phi) is 4.61.